The number of carbonyl (C=O) groups is 14. The average Bonchev–Trinajstić information content (AvgIpc) is 1.10. The molecule has 0 aliphatic carbocycles. The lowest BCUT2D eigenvalue weighted by molar-refractivity contribution is -0.171. The molecule has 0 N–H and O–H groups in total. The zero-order valence-corrected chi connectivity index (χ0v) is 56.3. The van der Waals surface area contributed by atoms with Gasteiger partial charge in [-0.1, -0.05) is 26.7 Å². The number of carbonyl (C=O) groups excluding carboxylic acids is 14. The minimum atomic E-state index is -1.32. The second-order valence-corrected chi connectivity index (χ2v) is 22.8. The lowest BCUT2D eigenvalue weighted by Gasteiger charge is -2.37. The standard InChI is InChI=1S/C63H100O28/c1-19-21-58(60(88-46(15)74)30-54(84-42(11)70)26-51(81-39(8)67)24-35(4)79-37(6)65)62(90-48(17)76)32-56(86-44(13)72)28-53(83-41(10)69)29-57(87-45(14)73)33-63(91-49(18)77)59(22-20-2)61(89-47(16)75)31-55(85-43(12)71)27-52(82-40(9)68)25-50(80-38(7)66)23-34(3)78-36(5)64/h34-35,50-63H,19-33H2,1-18H3. The number of hydrogen-bond acceptors (Lipinski definition) is 28. The van der Waals surface area contributed by atoms with E-state index in [4.69, 9.17) is 66.3 Å². The molecule has 0 aliphatic heterocycles. The molecule has 520 valence electrons. The molecule has 0 radical (unpaired) electrons. The van der Waals surface area contributed by atoms with E-state index in [0.717, 1.165) is 83.1 Å². The van der Waals surface area contributed by atoms with Crippen molar-refractivity contribution in [3.8, 4) is 0 Å². The fourth-order valence-corrected chi connectivity index (χ4v) is 11.3. The topological polar surface area (TPSA) is 368 Å². The molecule has 0 aromatic heterocycles. The van der Waals surface area contributed by atoms with E-state index >= 15 is 0 Å². The molecule has 0 heterocycles. The maximum absolute atomic E-state index is 13.2. The van der Waals surface area contributed by atoms with Gasteiger partial charge in [-0.2, -0.15) is 0 Å². The molecule has 0 aromatic rings. The van der Waals surface area contributed by atoms with Gasteiger partial charge in [-0.15, -0.1) is 0 Å². The fraction of sp³-hybridized carbons (Fsp3) is 0.778. The van der Waals surface area contributed by atoms with Gasteiger partial charge in [-0.25, -0.2) is 0 Å². The summed E-state index contributed by atoms with van der Waals surface area (Å²) in [6.07, 6.45) is -17.5. The molecule has 28 nitrogen and oxygen atoms in total. The highest BCUT2D eigenvalue weighted by Gasteiger charge is 2.43. The Hall–Kier alpha value is -7.42. The highest BCUT2D eigenvalue weighted by Crippen LogP contribution is 2.35. The van der Waals surface area contributed by atoms with Gasteiger partial charge in [0.15, 0.2) is 0 Å². The van der Waals surface area contributed by atoms with Crippen LogP contribution >= 0.6 is 0 Å². The maximum atomic E-state index is 13.2. The van der Waals surface area contributed by atoms with Gasteiger partial charge in [-0.05, 0) is 26.7 Å². The highest BCUT2D eigenvalue weighted by molar-refractivity contribution is 5.71. The van der Waals surface area contributed by atoms with Crippen LogP contribution in [0.25, 0.3) is 0 Å². The van der Waals surface area contributed by atoms with Gasteiger partial charge >= 0.3 is 83.6 Å². The lowest BCUT2D eigenvalue weighted by Crippen LogP contribution is -2.44. The normalized spacial score (nSPS) is 16.4. The zero-order valence-electron chi connectivity index (χ0n) is 56.3. The summed E-state index contributed by atoms with van der Waals surface area (Å²) in [5, 5.41) is 0. The molecular formula is C63H100O28. The summed E-state index contributed by atoms with van der Waals surface area (Å²) < 4.78 is 80.1. The van der Waals surface area contributed by atoms with Crippen molar-refractivity contribution in [1.29, 1.82) is 0 Å². The number of ether oxygens (including phenoxy) is 14. The first-order valence-electron chi connectivity index (χ1n) is 30.7. The van der Waals surface area contributed by atoms with Crippen molar-refractivity contribution >= 4 is 83.6 Å². The van der Waals surface area contributed by atoms with E-state index in [-0.39, 0.29) is 83.5 Å². The Morgan fingerprint density at radius 2 is 0.352 bits per heavy atom. The van der Waals surface area contributed by atoms with Gasteiger partial charge in [0, 0.05) is 179 Å². The summed E-state index contributed by atoms with van der Waals surface area (Å²) in [5.41, 5.74) is 0. The van der Waals surface area contributed by atoms with Crippen molar-refractivity contribution < 1.29 is 133 Å². The molecule has 0 amide bonds. The van der Waals surface area contributed by atoms with Crippen LogP contribution in [0, 0.1) is 11.8 Å². The van der Waals surface area contributed by atoms with Crippen molar-refractivity contribution in [2.24, 2.45) is 11.8 Å². The van der Waals surface area contributed by atoms with Crippen LogP contribution < -0.4 is 0 Å². The smallest absolute Gasteiger partial charge is 0.302 e. The number of hydrogen-bond donors (Lipinski definition) is 0. The minimum Gasteiger partial charge on any atom is -0.463 e. The van der Waals surface area contributed by atoms with Gasteiger partial charge in [0.25, 0.3) is 0 Å². The molecule has 0 saturated heterocycles. The molecular weight excluding hydrogens is 1200 g/mol. The first-order valence-corrected chi connectivity index (χ1v) is 30.7. The third-order valence-electron chi connectivity index (χ3n) is 13.6. The first-order chi connectivity index (χ1) is 42.3. The molecule has 0 spiro atoms. The molecule has 0 aromatic carbocycles. The van der Waals surface area contributed by atoms with Gasteiger partial charge in [-0.3, -0.25) is 67.1 Å². The summed E-state index contributed by atoms with van der Waals surface area (Å²) in [6.45, 7) is 22.6. The Balaban J connectivity index is 7.90. The van der Waals surface area contributed by atoms with Crippen LogP contribution in [0.4, 0.5) is 0 Å². The molecule has 16 unspecified atom stereocenters. The minimum absolute atomic E-state index is 0.0150. The largest absolute Gasteiger partial charge is 0.463 e. The summed E-state index contributed by atoms with van der Waals surface area (Å²) in [6, 6.07) is 0. The molecule has 28 heteroatoms. The average molecular weight is 1310 g/mol. The van der Waals surface area contributed by atoms with Gasteiger partial charge in [0.1, 0.15) is 85.5 Å². The molecule has 0 saturated carbocycles. The van der Waals surface area contributed by atoms with Crippen LogP contribution in [-0.2, 0) is 133 Å². The fourth-order valence-electron chi connectivity index (χ4n) is 11.3. The zero-order chi connectivity index (χ0) is 69.8. The van der Waals surface area contributed by atoms with Crippen molar-refractivity contribution in [2.45, 2.75) is 306 Å². The van der Waals surface area contributed by atoms with Gasteiger partial charge < -0.3 is 66.3 Å². The van der Waals surface area contributed by atoms with E-state index in [0.29, 0.717) is 12.8 Å². The summed E-state index contributed by atoms with van der Waals surface area (Å²) in [7, 11) is 0. The van der Waals surface area contributed by atoms with Crippen molar-refractivity contribution in [3.05, 3.63) is 0 Å². The van der Waals surface area contributed by atoms with Gasteiger partial charge in [0.05, 0.1) is 0 Å². The first kappa shape index (κ1) is 83.6. The van der Waals surface area contributed by atoms with Crippen LogP contribution in [-0.4, -0.2) is 169 Å². The second-order valence-electron chi connectivity index (χ2n) is 22.8. The molecule has 0 aliphatic rings. The third-order valence-corrected chi connectivity index (χ3v) is 13.6. The van der Waals surface area contributed by atoms with E-state index in [1.807, 2.05) is 0 Å². The van der Waals surface area contributed by atoms with Crippen LogP contribution in [0.1, 0.15) is 221 Å². The molecule has 91 heavy (non-hydrogen) atoms. The van der Waals surface area contributed by atoms with Crippen LogP contribution in [0.5, 0.6) is 0 Å². The van der Waals surface area contributed by atoms with E-state index in [1.54, 1.807) is 27.7 Å². The molecule has 0 bridgehead atoms. The second kappa shape index (κ2) is 44.1. The Morgan fingerprint density at radius 3 is 0.495 bits per heavy atom. The third kappa shape index (κ3) is 40.8. The Kier molecular flexibility index (Phi) is 40.5. The summed E-state index contributed by atoms with van der Waals surface area (Å²) in [5.74, 6) is -12.6. The Bertz CT molecular complexity index is 2390. The van der Waals surface area contributed by atoms with Crippen LogP contribution in [0.15, 0.2) is 0 Å². The maximum Gasteiger partial charge on any atom is 0.302 e. The predicted molar refractivity (Wildman–Crippen MR) is 317 cm³/mol. The lowest BCUT2D eigenvalue weighted by atomic mass is 9.83. The Morgan fingerprint density at radius 1 is 0.209 bits per heavy atom. The molecule has 16 atom stereocenters. The number of esters is 14. The summed E-state index contributed by atoms with van der Waals surface area (Å²) >= 11 is 0. The monoisotopic (exact) mass is 1300 g/mol. The van der Waals surface area contributed by atoms with E-state index in [2.05, 4.69) is 0 Å². The van der Waals surface area contributed by atoms with E-state index in [1.165, 1.54) is 13.8 Å². The SMILES string of the molecule is CCCC(C(CC(CC(CC(C)OC(C)=O)OC(C)=O)OC(C)=O)OC(C)=O)C(CC(CC(CC(CC(OC(C)=O)C(CCC)C(CC(CC(CC(CC(C)OC(C)=O)OC(C)=O)OC(C)=O)OC(C)=O)OC(C)=O)OC(C)=O)OC(C)=O)OC(C)=O)OC(C)=O. The van der Waals surface area contributed by atoms with Crippen molar-refractivity contribution in [2.75, 3.05) is 0 Å². The van der Waals surface area contributed by atoms with Crippen molar-refractivity contribution in [1.82, 2.24) is 0 Å². The number of rotatable bonds is 44. The highest BCUT2D eigenvalue weighted by atomic mass is 16.6. The predicted octanol–water partition coefficient (Wildman–Crippen LogP) is 7.19. The van der Waals surface area contributed by atoms with Crippen molar-refractivity contribution in [3.63, 3.8) is 0 Å². The quantitative estimate of drug-likeness (QED) is 0.0430. The molecule has 0 fully saturated rings. The Labute approximate surface area is 533 Å². The van der Waals surface area contributed by atoms with Crippen LogP contribution in [0.3, 0.4) is 0 Å². The summed E-state index contributed by atoms with van der Waals surface area (Å²) in [4.78, 5) is 178. The van der Waals surface area contributed by atoms with E-state index < -0.39 is 181 Å². The van der Waals surface area contributed by atoms with E-state index in [9.17, 15) is 67.1 Å². The molecule has 0 rings (SSSR count). The van der Waals surface area contributed by atoms with Crippen LogP contribution in [0.2, 0.25) is 0 Å². The van der Waals surface area contributed by atoms with Gasteiger partial charge in [0.2, 0.25) is 0 Å².